The van der Waals surface area contributed by atoms with E-state index in [0.717, 1.165) is 18.2 Å². The molecule has 0 saturated heterocycles. The summed E-state index contributed by atoms with van der Waals surface area (Å²) in [4.78, 5) is 26.0. The monoisotopic (exact) mass is 351 g/mol. The molecule has 0 atom stereocenters. The van der Waals surface area contributed by atoms with E-state index in [0.29, 0.717) is 4.90 Å². The number of imide groups is 1. The molecule has 5 nitrogen and oxygen atoms in total. The van der Waals surface area contributed by atoms with Gasteiger partial charge in [0, 0.05) is 0 Å². The maximum Gasteiger partial charge on any atom is 0.416 e. The Morgan fingerprint density at radius 1 is 0.960 bits per heavy atom. The fraction of sp³-hybridized carbons (Fsp3) is 0.176. The second kappa shape index (κ2) is 5.80. The first-order chi connectivity index (χ1) is 11.8. The SMILES string of the molecule is COc1ccc2c(c1OC)C(=O)N(c1cccc(C(F)(F)F)c1)C2=O. The van der Waals surface area contributed by atoms with Gasteiger partial charge in [0.25, 0.3) is 11.8 Å². The van der Waals surface area contributed by atoms with Gasteiger partial charge in [-0.05, 0) is 30.3 Å². The Morgan fingerprint density at radius 3 is 2.28 bits per heavy atom. The second-order valence-electron chi connectivity index (χ2n) is 5.22. The summed E-state index contributed by atoms with van der Waals surface area (Å²) in [6, 6.07) is 6.86. The molecule has 1 aliphatic rings. The molecule has 1 aliphatic heterocycles. The number of methoxy groups -OCH3 is 2. The van der Waals surface area contributed by atoms with E-state index in [1.54, 1.807) is 0 Å². The summed E-state index contributed by atoms with van der Waals surface area (Å²) < 4.78 is 49.0. The first kappa shape index (κ1) is 16.8. The molecule has 0 fully saturated rings. The molecule has 25 heavy (non-hydrogen) atoms. The molecule has 1 heterocycles. The standard InChI is InChI=1S/C17H12F3NO4/c1-24-12-7-6-11-13(14(12)25-2)16(23)21(15(11)22)10-5-3-4-9(8-10)17(18,19)20/h3-8H,1-2H3. The fourth-order valence-electron chi connectivity index (χ4n) is 2.70. The number of fused-ring (bicyclic) bond motifs is 1. The van der Waals surface area contributed by atoms with E-state index in [2.05, 4.69) is 0 Å². The Morgan fingerprint density at radius 2 is 1.68 bits per heavy atom. The molecule has 0 aliphatic carbocycles. The van der Waals surface area contributed by atoms with Gasteiger partial charge in [0.15, 0.2) is 11.5 Å². The van der Waals surface area contributed by atoms with Gasteiger partial charge >= 0.3 is 6.18 Å². The van der Waals surface area contributed by atoms with Gasteiger partial charge in [-0.1, -0.05) is 6.07 Å². The van der Waals surface area contributed by atoms with Crippen molar-refractivity contribution in [3.8, 4) is 11.5 Å². The van der Waals surface area contributed by atoms with E-state index >= 15 is 0 Å². The topological polar surface area (TPSA) is 55.8 Å². The van der Waals surface area contributed by atoms with Crippen LogP contribution in [-0.4, -0.2) is 26.0 Å². The minimum Gasteiger partial charge on any atom is -0.493 e. The number of halogens is 3. The van der Waals surface area contributed by atoms with Crippen molar-refractivity contribution in [1.29, 1.82) is 0 Å². The minimum absolute atomic E-state index is 0.0377. The van der Waals surface area contributed by atoms with E-state index in [9.17, 15) is 22.8 Å². The molecule has 0 spiro atoms. The highest BCUT2D eigenvalue weighted by atomic mass is 19.4. The van der Waals surface area contributed by atoms with Crippen LogP contribution in [0.5, 0.6) is 11.5 Å². The van der Waals surface area contributed by atoms with Gasteiger partial charge in [0.05, 0.1) is 36.6 Å². The minimum atomic E-state index is -4.59. The molecule has 130 valence electrons. The number of nitrogens with zero attached hydrogens (tertiary/aromatic N) is 1. The number of amides is 2. The van der Waals surface area contributed by atoms with Crippen molar-refractivity contribution < 1.29 is 32.2 Å². The van der Waals surface area contributed by atoms with Crippen LogP contribution in [0.3, 0.4) is 0 Å². The number of hydrogen-bond acceptors (Lipinski definition) is 4. The summed E-state index contributed by atoms with van der Waals surface area (Å²) in [5.41, 5.74) is -1.11. The molecule has 0 bridgehead atoms. The van der Waals surface area contributed by atoms with Crippen molar-refractivity contribution in [3.63, 3.8) is 0 Å². The Labute approximate surface area is 140 Å². The lowest BCUT2D eigenvalue weighted by Crippen LogP contribution is -2.29. The lowest BCUT2D eigenvalue weighted by atomic mass is 10.1. The smallest absolute Gasteiger partial charge is 0.416 e. The first-order valence-electron chi connectivity index (χ1n) is 7.10. The van der Waals surface area contributed by atoms with Crippen molar-refractivity contribution >= 4 is 17.5 Å². The highest BCUT2D eigenvalue weighted by Crippen LogP contribution is 2.40. The first-order valence-corrected chi connectivity index (χ1v) is 7.10. The maximum absolute atomic E-state index is 12.9. The van der Waals surface area contributed by atoms with E-state index in [-0.39, 0.29) is 28.3 Å². The third kappa shape index (κ3) is 2.59. The van der Waals surface area contributed by atoms with Crippen molar-refractivity contribution in [2.24, 2.45) is 0 Å². The molecule has 2 aromatic rings. The molecule has 8 heteroatoms. The summed E-state index contributed by atoms with van der Waals surface area (Å²) in [5, 5.41) is 0. The Kier molecular flexibility index (Phi) is 3.90. The largest absolute Gasteiger partial charge is 0.493 e. The van der Waals surface area contributed by atoms with Crippen LogP contribution < -0.4 is 14.4 Å². The zero-order valence-electron chi connectivity index (χ0n) is 13.2. The number of rotatable bonds is 3. The van der Waals surface area contributed by atoms with E-state index in [1.165, 1.54) is 32.4 Å². The number of hydrogen-bond donors (Lipinski definition) is 0. The zero-order chi connectivity index (χ0) is 18.4. The number of carbonyl (C=O) groups is 2. The molecular weight excluding hydrogens is 339 g/mol. The van der Waals surface area contributed by atoms with Crippen molar-refractivity contribution in [2.75, 3.05) is 19.1 Å². The van der Waals surface area contributed by atoms with Crippen LogP contribution in [0.15, 0.2) is 36.4 Å². The summed E-state index contributed by atoms with van der Waals surface area (Å²) in [6.07, 6.45) is -4.59. The Hall–Kier alpha value is -3.03. The van der Waals surface area contributed by atoms with E-state index in [1.807, 2.05) is 0 Å². The molecule has 3 rings (SSSR count). The molecule has 2 amide bonds. The summed E-state index contributed by atoms with van der Waals surface area (Å²) in [7, 11) is 2.68. The fourth-order valence-corrected chi connectivity index (χ4v) is 2.70. The predicted molar refractivity (Wildman–Crippen MR) is 82.1 cm³/mol. The molecule has 0 saturated carbocycles. The lowest BCUT2D eigenvalue weighted by Gasteiger charge is -2.16. The molecule has 2 aromatic carbocycles. The number of alkyl halides is 3. The van der Waals surface area contributed by atoms with E-state index in [4.69, 9.17) is 9.47 Å². The van der Waals surface area contributed by atoms with Gasteiger partial charge in [-0.15, -0.1) is 0 Å². The van der Waals surface area contributed by atoms with Crippen LogP contribution in [0.4, 0.5) is 18.9 Å². The summed E-state index contributed by atoms with van der Waals surface area (Å²) in [6.45, 7) is 0. The van der Waals surface area contributed by atoms with Crippen LogP contribution in [0.2, 0.25) is 0 Å². The average molecular weight is 351 g/mol. The molecular formula is C17H12F3NO4. The number of benzene rings is 2. The molecule has 0 aromatic heterocycles. The molecule has 0 unspecified atom stereocenters. The quantitative estimate of drug-likeness (QED) is 0.794. The maximum atomic E-state index is 12.9. The van der Waals surface area contributed by atoms with Gasteiger partial charge in [0.2, 0.25) is 0 Å². The third-order valence-electron chi connectivity index (χ3n) is 3.83. The number of anilines is 1. The number of carbonyl (C=O) groups excluding carboxylic acids is 2. The van der Waals surface area contributed by atoms with Crippen molar-refractivity contribution in [1.82, 2.24) is 0 Å². The third-order valence-corrected chi connectivity index (χ3v) is 3.83. The lowest BCUT2D eigenvalue weighted by molar-refractivity contribution is -0.137. The van der Waals surface area contributed by atoms with Crippen LogP contribution in [0.1, 0.15) is 26.3 Å². The highest BCUT2D eigenvalue weighted by molar-refractivity contribution is 6.35. The van der Waals surface area contributed by atoms with Crippen molar-refractivity contribution in [3.05, 3.63) is 53.1 Å². The average Bonchev–Trinajstić information content (AvgIpc) is 2.84. The number of ether oxygens (including phenoxy) is 2. The van der Waals surface area contributed by atoms with E-state index < -0.39 is 23.6 Å². The molecule has 0 N–H and O–H groups in total. The zero-order valence-corrected chi connectivity index (χ0v) is 13.2. The van der Waals surface area contributed by atoms with Crippen LogP contribution in [0.25, 0.3) is 0 Å². The van der Waals surface area contributed by atoms with Crippen molar-refractivity contribution in [2.45, 2.75) is 6.18 Å². The van der Waals surface area contributed by atoms with Gasteiger partial charge in [-0.25, -0.2) is 4.90 Å². The summed E-state index contributed by atoms with van der Waals surface area (Å²) in [5.74, 6) is -1.18. The van der Waals surface area contributed by atoms with Gasteiger partial charge in [0.1, 0.15) is 0 Å². The highest BCUT2D eigenvalue weighted by Gasteiger charge is 2.41. The normalized spacial score (nSPS) is 13.9. The van der Waals surface area contributed by atoms with Crippen LogP contribution in [-0.2, 0) is 6.18 Å². The molecule has 0 radical (unpaired) electrons. The van der Waals surface area contributed by atoms with Gasteiger partial charge in [-0.2, -0.15) is 13.2 Å². The van der Waals surface area contributed by atoms with Crippen LogP contribution >= 0.6 is 0 Å². The Bertz CT molecular complexity index is 877. The van der Waals surface area contributed by atoms with Gasteiger partial charge in [-0.3, -0.25) is 9.59 Å². The Balaban J connectivity index is 2.13. The second-order valence-corrected chi connectivity index (χ2v) is 5.22. The van der Waals surface area contributed by atoms with Crippen LogP contribution in [0, 0.1) is 0 Å². The van der Waals surface area contributed by atoms with Gasteiger partial charge < -0.3 is 9.47 Å². The summed E-state index contributed by atoms with van der Waals surface area (Å²) >= 11 is 0. The predicted octanol–water partition coefficient (Wildman–Crippen LogP) is 3.52.